The summed E-state index contributed by atoms with van der Waals surface area (Å²) in [4.78, 5) is 23.3. The number of phenols is 2. The largest absolute Gasteiger partial charge is 2.00 e. The normalized spacial score (nSPS) is 10.6. The summed E-state index contributed by atoms with van der Waals surface area (Å²) in [5, 5.41) is 42.6. The van der Waals surface area contributed by atoms with Crippen molar-refractivity contribution in [3.8, 4) is 22.6 Å². The van der Waals surface area contributed by atoms with E-state index in [9.17, 15) is 30.0 Å². The third kappa shape index (κ3) is 3.19. The van der Waals surface area contributed by atoms with Crippen molar-refractivity contribution >= 4 is 33.5 Å². The van der Waals surface area contributed by atoms with E-state index in [0.717, 1.165) is 0 Å². The summed E-state index contributed by atoms with van der Waals surface area (Å²) in [5.74, 6) is -3.73. The molecule has 4 rings (SSSR count). The first-order chi connectivity index (χ1) is 13.4. The van der Waals surface area contributed by atoms with Gasteiger partial charge in [-0.1, -0.05) is 48.5 Å². The molecule has 0 spiro atoms. The third-order valence-corrected chi connectivity index (χ3v) is 4.75. The Morgan fingerprint density at radius 3 is 1.31 bits per heavy atom. The van der Waals surface area contributed by atoms with Gasteiger partial charge < -0.3 is 20.4 Å². The van der Waals surface area contributed by atoms with Gasteiger partial charge in [-0.2, -0.15) is 0 Å². The van der Waals surface area contributed by atoms with Gasteiger partial charge in [0.15, 0.2) is 0 Å². The van der Waals surface area contributed by atoms with Crippen molar-refractivity contribution in [1.82, 2.24) is 0 Å². The summed E-state index contributed by atoms with van der Waals surface area (Å²) in [6.07, 6.45) is 0. The number of carbonyl (C=O) groups is 2. The minimum atomic E-state index is -1.33. The number of aromatic hydroxyl groups is 2. The van der Waals surface area contributed by atoms with E-state index in [1.165, 1.54) is 12.1 Å². The van der Waals surface area contributed by atoms with Crippen molar-refractivity contribution in [3.05, 3.63) is 71.8 Å². The molecule has 0 aliphatic heterocycles. The molecule has 0 heterocycles. The number of hydrogen-bond acceptors (Lipinski definition) is 4. The number of hydrogen-bond donors (Lipinski definition) is 4. The van der Waals surface area contributed by atoms with Crippen LogP contribution in [0.5, 0.6) is 11.5 Å². The molecule has 0 radical (unpaired) electrons. The minimum Gasteiger partial charge on any atom is -0.506 e. The van der Waals surface area contributed by atoms with E-state index in [1.54, 1.807) is 48.5 Å². The Kier molecular flexibility index (Phi) is 5.27. The van der Waals surface area contributed by atoms with Crippen LogP contribution in [0.3, 0.4) is 0 Å². The molecular formula is C22H14O6Zn+2. The van der Waals surface area contributed by atoms with E-state index in [4.69, 9.17) is 0 Å². The average molecular weight is 440 g/mol. The molecule has 0 saturated heterocycles. The molecule has 0 unspecified atom stereocenters. The third-order valence-electron chi connectivity index (χ3n) is 4.75. The molecule has 0 aliphatic carbocycles. The molecule has 0 atom stereocenters. The van der Waals surface area contributed by atoms with Gasteiger partial charge in [-0.3, -0.25) is 0 Å². The van der Waals surface area contributed by atoms with Gasteiger partial charge in [0.25, 0.3) is 0 Å². The molecule has 6 nitrogen and oxygen atoms in total. The maximum Gasteiger partial charge on any atom is 2.00 e. The smallest absolute Gasteiger partial charge is 0.506 e. The summed E-state index contributed by atoms with van der Waals surface area (Å²) in [6.45, 7) is 0. The monoisotopic (exact) mass is 438 g/mol. The van der Waals surface area contributed by atoms with Crippen molar-refractivity contribution in [2.45, 2.75) is 0 Å². The van der Waals surface area contributed by atoms with Crippen LogP contribution in [0.2, 0.25) is 0 Å². The molecule has 0 bridgehead atoms. The molecule has 138 valence electrons. The van der Waals surface area contributed by atoms with Gasteiger partial charge in [-0.05, 0) is 33.7 Å². The number of benzene rings is 4. The first kappa shape index (κ1) is 20.3. The maximum absolute atomic E-state index is 11.7. The van der Waals surface area contributed by atoms with Gasteiger partial charge in [-0.25, -0.2) is 9.59 Å². The summed E-state index contributed by atoms with van der Waals surface area (Å²) in [7, 11) is 0. The molecule has 7 heteroatoms. The second-order valence-corrected chi connectivity index (χ2v) is 6.35. The van der Waals surface area contributed by atoms with E-state index < -0.39 is 23.4 Å². The van der Waals surface area contributed by atoms with Crippen molar-refractivity contribution < 1.29 is 49.5 Å². The summed E-state index contributed by atoms with van der Waals surface area (Å²) in [6, 6.07) is 16.3. The van der Waals surface area contributed by atoms with Gasteiger partial charge in [0.1, 0.15) is 22.6 Å². The fourth-order valence-electron chi connectivity index (χ4n) is 3.51. The van der Waals surface area contributed by atoms with E-state index in [1.807, 2.05) is 0 Å². The molecule has 0 aliphatic rings. The Balaban J connectivity index is 0.00000240. The van der Waals surface area contributed by atoms with Crippen LogP contribution < -0.4 is 0 Å². The Morgan fingerprint density at radius 2 is 0.966 bits per heavy atom. The Morgan fingerprint density at radius 1 is 0.621 bits per heavy atom. The number of rotatable bonds is 3. The van der Waals surface area contributed by atoms with E-state index in [-0.39, 0.29) is 41.7 Å². The molecule has 0 aromatic heterocycles. The van der Waals surface area contributed by atoms with Gasteiger partial charge in [0.2, 0.25) is 0 Å². The van der Waals surface area contributed by atoms with E-state index in [2.05, 4.69) is 0 Å². The molecule has 29 heavy (non-hydrogen) atoms. The van der Waals surface area contributed by atoms with Crippen LogP contribution in [-0.2, 0) is 19.5 Å². The van der Waals surface area contributed by atoms with Crippen LogP contribution in [0.25, 0.3) is 32.7 Å². The fraction of sp³-hybridized carbons (Fsp3) is 0. The van der Waals surface area contributed by atoms with E-state index >= 15 is 0 Å². The van der Waals surface area contributed by atoms with Crippen LogP contribution in [0.4, 0.5) is 0 Å². The predicted octanol–water partition coefficient (Wildman–Crippen LogP) is 4.47. The zero-order chi connectivity index (χ0) is 20.0. The number of aromatic carboxylic acids is 2. The average Bonchev–Trinajstić information content (AvgIpc) is 2.67. The maximum atomic E-state index is 11.7. The molecule has 4 aromatic carbocycles. The number of carboxylic acids is 2. The molecule has 0 fully saturated rings. The van der Waals surface area contributed by atoms with Gasteiger partial charge in [-0.15, -0.1) is 0 Å². The van der Waals surface area contributed by atoms with Crippen LogP contribution in [0.1, 0.15) is 20.7 Å². The van der Waals surface area contributed by atoms with Crippen LogP contribution in [0, 0.1) is 0 Å². The molecule has 4 N–H and O–H groups in total. The topological polar surface area (TPSA) is 115 Å². The van der Waals surface area contributed by atoms with Crippen LogP contribution >= 0.6 is 0 Å². The minimum absolute atomic E-state index is 0. The molecule has 0 saturated carbocycles. The van der Waals surface area contributed by atoms with Crippen molar-refractivity contribution in [1.29, 1.82) is 0 Å². The second kappa shape index (κ2) is 7.53. The van der Waals surface area contributed by atoms with Gasteiger partial charge in [0.05, 0.1) is 0 Å². The first-order valence-electron chi connectivity index (χ1n) is 8.36. The number of fused-ring (bicyclic) bond motifs is 2. The van der Waals surface area contributed by atoms with Crippen molar-refractivity contribution in [3.63, 3.8) is 0 Å². The molecular weight excluding hydrogens is 426 g/mol. The Hall–Kier alpha value is -3.44. The van der Waals surface area contributed by atoms with Crippen molar-refractivity contribution in [2.75, 3.05) is 0 Å². The fourth-order valence-corrected chi connectivity index (χ4v) is 3.51. The molecule has 4 aromatic rings. The standard InChI is InChI=1S/C22H14O6.Zn/c23-19-15(21(25)26)9-11-5-1-3-7-13(11)17(19)18-14-8-4-2-6-12(14)10-16(20(18)24)22(27)28;/h1-10,23-24H,(H,25,26)(H,27,28);/q;+2. The number of carboxylic acid groups (broad SMARTS) is 2. The zero-order valence-electron chi connectivity index (χ0n) is 15.1. The summed E-state index contributed by atoms with van der Waals surface area (Å²) >= 11 is 0. The van der Waals surface area contributed by atoms with Gasteiger partial charge in [0, 0.05) is 11.1 Å². The first-order valence-corrected chi connectivity index (χ1v) is 8.36. The Bertz CT molecular complexity index is 1190. The van der Waals surface area contributed by atoms with Crippen molar-refractivity contribution in [2.24, 2.45) is 0 Å². The SMILES string of the molecule is O=C(O)c1cc2ccccc2c(-c2c(O)c(C(=O)O)cc3ccccc23)c1O.[Zn+2]. The zero-order valence-corrected chi connectivity index (χ0v) is 18.1. The Labute approximate surface area is 177 Å². The predicted molar refractivity (Wildman–Crippen MR) is 104 cm³/mol. The van der Waals surface area contributed by atoms with Crippen LogP contribution in [0.15, 0.2) is 60.7 Å². The van der Waals surface area contributed by atoms with Gasteiger partial charge >= 0.3 is 31.4 Å². The van der Waals surface area contributed by atoms with Crippen LogP contribution in [-0.4, -0.2) is 32.4 Å². The van der Waals surface area contributed by atoms with E-state index in [0.29, 0.717) is 21.5 Å². The summed E-state index contributed by atoms with van der Waals surface area (Å²) < 4.78 is 0. The second-order valence-electron chi connectivity index (χ2n) is 6.35. The quantitative estimate of drug-likeness (QED) is 0.350. The molecule has 0 amide bonds. The summed E-state index contributed by atoms with van der Waals surface area (Å²) in [5.41, 5.74) is -0.518.